The van der Waals surface area contributed by atoms with E-state index in [-0.39, 0.29) is 5.25 Å². The number of hydrogen-bond donors (Lipinski definition) is 0. The number of rotatable bonds is 4. The van der Waals surface area contributed by atoms with Crippen LogP contribution in [0.5, 0.6) is 5.75 Å². The fourth-order valence-electron chi connectivity index (χ4n) is 3.55. The summed E-state index contributed by atoms with van der Waals surface area (Å²) in [4.78, 5) is 0. The van der Waals surface area contributed by atoms with Gasteiger partial charge in [-0.15, -0.1) is 5.10 Å². The Morgan fingerprint density at radius 2 is 1.48 bits per heavy atom. The minimum absolute atomic E-state index is 0.150. The van der Waals surface area contributed by atoms with Crippen LogP contribution in [0.25, 0.3) is 16.8 Å². The number of ether oxygens (including phenoxy) is 1. The molecule has 4 aromatic rings. The molecule has 27 heavy (non-hydrogen) atoms. The van der Waals surface area contributed by atoms with Crippen LogP contribution in [0.15, 0.2) is 78.0 Å². The van der Waals surface area contributed by atoms with Crippen LogP contribution in [0, 0.1) is 0 Å². The van der Waals surface area contributed by atoms with E-state index >= 15 is 0 Å². The molecule has 1 heterocycles. The van der Waals surface area contributed by atoms with Crippen molar-refractivity contribution in [1.29, 1.82) is 0 Å². The van der Waals surface area contributed by atoms with Crippen LogP contribution in [-0.2, 0) is 0 Å². The highest BCUT2D eigenvalue weighted by Crippen LogP contribution is 2.51. The summed E-state index contributed by atoms with van der Waals surface area (Å²) in [6.45, 7) is 0. The molecule has 3 aromatic carbocycles. The monoisotopic (exact) mass is 372 g/mol. The quantitative estimate of drug-likeness (QED) is 0.527. The van der Waals surface area contributed by atoms with Crippen LogP contribution in [0.4, 0.5) is 0 Å². The van der Waals surface area contributed by atoms with Gasteiger partial charge in [0.05, 0.1) is 12.4 Å². The molecule has 1 aliphatic rings. The largest absolute Gasteiger partial charge is 0.494 e. The number of fused-ring (bicyclic) bond motifs is 3. The van der Waals surface area contributed by atoms with Crippen molar-refractivity contribution in [2.45, 2.75) is 10.4 Å². The van der Waals surface area contributed by atoms with E-state index in [0.29, 0.717) is 0 Å². The number of benzene rings is 3. The fraction of sp³-hybridized carbons (Fsp3) is 0.0952. The molecule has 0 radical (unpaired) electrons. The highest BCUT2D eigenvalue weighted by molar-refractivity contribution is 7.99. The van der Waals surface area contributed by atoms with E-state index in [1.807, 2.05) is 24.3 Å². The summed E-state index contributed by atoms with van der Waals surface area (Å²) >= 11 is 1.66. The van der Waals surface area contributed by atoms with Crippen molar-refractivity contribution in [3.05, 3.63) is 83.9 Å². The first-order valence-electron chi connectivity index (χ1n) is 8.63. The summed E-state index contributed by atoms with van der Waals surface area (Å²) in [5, 5.41) is 13.3. The molecule has 5 nitrogen and oxygen atoms in total. The van der Waals surface area contributed by atoms with Gasteiger partial charge in [-0.25, -0.2) is 0 Å². The number of para-hydroxylation sites is 2. The summed E-state index contributed by atoms with van der Waals surface area (Å²) in [7, 11) is 1.65. The highest BCUT2D eigenvalue weighted by Gasteiger charge is 2.30. The van der Waals surface area contributed by atoms with Crippen molar-refractivity contribution in [2.75, 3.05) is 7.11 Å². The smallest absolute Gasteiger partial charge is 0.215 e. The molecular weight excluding hydrogens is 356 g/mol. The van der Waals surface area contributed by atoms with Crippen LogP contribution in [0.3, 0.4) is 0 Å². The second-order valence-electron chi connectivity index (χ2n) is 6.22. The molecule has 0 saturated heterocycles. The first kappa shape index (κ1) is 16.1. The second kappa shape index (κ2) is 6.55. The van der Waals surface area contributed by atoms with Crippen LogP contribution < -0.4 is 4.74 Å². The molecule has 0 bridgehead atoms. The van der Waals surface area contributed by atoms with Gasteiger partial charge in [-0.05, 0) is 44.8 Å². The molecule has 132 valence electrons. The van der Waals surface area contributed by atoms with Gasteiger partial charge in [0.15, 0.2) is 0 Å². The van der Waals surface area contributed by atoms with Gasteiger partial charge in [0.1, 0.15) is 11.4 Å². The van der Waals surface area contributed by atoms with Crippen molar-refractivity contribution < 1.29 is 4.74 Å². The number of thioether (sulfide) groups is 1. The number of hydrogen-bond acceptors (Lipinski definition) is 5. The van der Waals surface area contributed by atoms with E-state index in [0.717, 1.165) is 16.6 Å². The van der Waals surface area contributed by atoms with Gasteiger partial charge in [-0.1, -0.05) is 72.4 Å². The van der Waals surface area contributed by atoms with Gasteiger partial charge < -0.3 is 4.74 Å². The van der Waals surface area contributed by atoms with Gasteiger partial charge in [0, 0.05) is 0 Å². The third kappa shape index (κ3) is 2.61. The zero-order valence-electron chi connectivity index (χ0n) is 14.6. The van der Waals surface area contributed by atoms with Gasteiger partial charge >= 0.3 is 0 Å². The van der Waals surface area contributed by atoms with Crippen molar-refractivity contribution in [1.82, 2.24) is 20.2 Å². The lowest BCUT2D eigenvalue weighted by molar-refractivity contribution is 0.410. The van der Waals surface area contributed by atoms with Crippen LogP contribution in [-0.4, -0.2) is 27.3 Å². The van der Waals surface area contributed by atoms with Crippen LogP contribution in [0.1, 0.15) is 16.4 Å². The molecule has 0 atom stereocenters. The zero-order chi connectivity index (χ0) is 18.2. The topological polar surface area (TPSA) is 52.8 Å². The number of aromatic nitrogens is 4. The molecule has 6 heteroatoms. The molecule has 0 spiro atoms. The lowest BCUT2D eigenvalue weighted by atomic mass is 10.1. The molecule has 1 aliphatic carbocycles. The molecular formula is C21H16N4OS. The van der Waals surface area contributed by atoms with Crippen LogP contribution in [0.2, 0.25) is 0 Å². The predicted octanol–water partition coefficient (Wildman–Crippen LogP) is 4.53. The Balaban J connectivity index is 1.59. The summed E-state index contributed by atoms with van der Waals surface area (Å²) in [6, 6.07) is 24.8. The first-order chi connectivity index (χ1) is 13.4. The van der Waals surface area contributed by atoms with Gasteiger partial charge in [0.2, 0.25) is 5.16 Å². The van der Waals surface area contributed by atoms with E-state index in [2.05, 4.69) is 64.1 Å². The lowest BCUT2D eigenvalue weighted by Gasteiger charge is -2.14. The third-order valence-corrected chi connectivity index (χ3v) is 5.96. The minimum Gasteiger partial charge on any atom is -0.494 e. The Hall–Kier alpha value is -3.12. The molecule has 0 saturated carbocycles. The molecule has 0 amide bonds. The van der Waals surface area contributed by atoms with Gasteiger partial charge in [-0.2, -0.15) is 4.68 Å². The lowest BCUT2D eigenvalue weighted by Crippen LogP contribution is -2.03. The predicted molar refractivity (Wildman–Crippen MR) is 105 cm³/mol. The summed E-state index contributed by atoms with van der Waals surface area (Å²) in [5.74, 6) is 0.735. The van der Waals surface area contributed by atoms with Crippen molar-refractivity contribution in [3.8, 4) is 22.6 Å². The Labute approximate surface area is 161 Å². The fourth-order valence-corrected chi connectivity index (χ4v) is 4.74. The van der Waals surface area contributed by atoms with Crippen molar-refractivity contribution in [3.63, 3.8) is 0 Å². The zero-order valence-corrected chi connectivity index (χ0v) is 15.4. The average molecular weight is 372 g/mol. The number of nitrogens with zero attached hydrogens (tertiary/aromatic N) is 4. The standard InChI is InChI=1S/C21H16N4OS/c1-26-19-13-7-6-12-18(19)25-21(22-23-24-25)27-20-16-10-4-2-8-14(16)15-9-3-5-11-17(15)20/h2-13,20H,1H3. The maximum absolute atomic E-state index is 5.48. The van der Waals surface area contributed by atoms with E-state index < -0.39 is 0 Å². The number of methoxy groups -OCH3 is 1. The van der Waals surface area contributed by atoms with Crippen molar-refractivity contribution >= 4 is 11.8 Å². The Bertz CT molecular complexity index is 1080. The van der Waals surface area contributed by atoms with Gasteiger partial charge in [-0.3, -0.25) is 0 Å². The van der Waals surface area contributed by atoms with Crippen molar-refractivity contribution in [2.24, 2.45) is 0 Å². The molecule has 5 rings (SSSR count). The summed E-state index contributed by atoms with van der Waals surface area (Å²) in [5.41, 5.74) is 5.97. The normalized spacial score (nSPS) is 12.6. The second-order valence-corrected chi connectivity index (χ2v) is 7.29. The van der Waals surface area contributed by atoms with Gasteiger partial charge in [0.25, 0.3) is 0 Å². The first-order valence-corrected chi connectivity index (χ1v) is 9.51. The Kier molecular flexibility index (Phi) is 3.90. The van der Waals surface area contributed by atoms with Crippen LogP contribution >= 0.6 is 11.8 Å². The molecule has 0 unspecified atom stereocenters. The minimum atomic E-state index is 0.150. The maximum Gasteiger partial charge on any atom is 0.215 e. The SMILES string of the molecule is COc1ccccc1-n1nnnc1SC1c2ccccc2-c2ccccc21. The maximum atomic E-state index is 5.48. The Morgan fingerprint density at radius 3 is 2.19 bits per heavy atom. The summed E-state index contributed by atoms with van der Waals surface area (Å²) < 4.78 is 7.22. The van der Waals surface area contributed by atoms with E-state index in [4.69, 9.17) is 4.74 Å². The molecule has 0 aliphatic heterocycles. The van der Waals surface area contributed by atoms with E-state index in [1.54, 1.807) is 23.6 Å². The molecule has 1 aromatic heterocycles. The van der Waals surface area contributed by atoms with E-state index in [9.17, 15) is 0 Å². The summed E-state index contributed by atoms with van der Waals surface area (Å²) in [6.07, 6.45) is 0. The molecule has 0 fully saturated rings. The Morgan fingerprint density at radius 1 is 0.852 bits per heavy atom. The van der Waals surface area contributed by atoms with E-state index in [1.165, 1.54) is 22.3 Å². The third-order valence-electron chi connectivity index (χ3n) is 4.75. The molecule has 0 N–H and O–H groups in total. The highest BCUT2D eigenvalue weighted by atomic mass is 32.2. The average Bonchev–Trinajstić information content (AvgIpc) is 3.32. The number of tetrazole rings is 1.